The fraction of sp³-hybridized carbons (Fsp3) is 0.452. The first-order chi connectivity index (χ1) is 19.2. The van der Waals surface area contributed by atoms with Crippen molar-refractivity contribution >= 4 is 46.6 Å². The maximum Gasteiger partial charge on any atom is 0.246 e. The summed E-state index contributed by atoms with van der Waals surface area (Å²) in [5.74, 6) is -1.68. The summed E-state index contributed by atoms with van der Waals surface area (Å²) >= 11 is 12.5. The number of likely N-dealkylation sites (tertiary alicyclic amines) is 1. The SMILES string of the molecule is CC1CCCC(NC(=O)C2N(Cc3ccccc3Cl)C(=O)[C@H]3C(C(=O)Nc4ccc(Cl)cc4)[C@H]4C=CC23O4)C1C. The van der Waals surface area contributed by atoms with E-state index in [1.807, 2.05) is 30.4 Å². The molecule has 7 nitrogen and oxygen atoms in total. The molecular weight excluding hydrogens is 549 g/mol. The molecule has 6 rings (SSSR count). The van der Waals surface area contributed by atoms with Gasteiger partial charge in [0.1, 0.15) is 11.6 Å². The Hall–Kier alpha value is -2.87. The second-order valence-electron chi connectivity index (χ2n) is 11.6. The van der Waals surface area contributed by atoms with Crippen molar-refractivity contribution in [3.05, 3.63) is 76.3 Å². The smallest absolute Gasteiger partial charge is 0.246 e. The number of halogens is 2. The number of fused-ring (bicyclic) bond motifs is 1. The molecule has 40 heavy (non-hydrogen) atoms. The minimum atomic E-state index is -1.24. The van der Waals surface area contributed by atoms with Crippen molar-refractivity contribution in [1.82, 2.24) is 10.2 Å². The number of hydrogen-bond acceptors (Lipinski definition) is 4. The van der Waals surface area contributed by atoms with Crippen molar-refractivity contribution in [2.75, 3.05) is 5.32 Å². The third-order valence-electron chi connectivity index (χ3n) is 9.37. The highest BCUT2D eigenvalue weighted by Gasteiger charge is 2.72. The lowest BCUT2D eigenvalue weighted by molar-refractivity contribution is -0.142. The molecule has 3 heterocycles. The number of benzene rings is 2. The number of hydrogen-bond donors (Lipinski definition) is 2. The summed E-state index contributed by atoms with van der Waals surface area (Å²) in [6.45, 7) is 4.53. The van der Waals surface area contributed by atoms with Crippen LogP contribution in [-0.2, 0) is 25.7 Å². The molecule has 3 amide bonds. The summed E-state index contributed by atoms with van der Waals surface area (Å²) in [5.41, 5.74) is 0.0637. The van der Waals surface area contributed by atoms with E-state index >= 15 is 0 Å². The highest BCUT2D eigenvalue weighted by atomic mass is 35.5. The second kappa shape index (κ2) is 10.5. The van der Waals surface area contributed by atoms with Gasteiger partial charge in [-0.2, -0.15) is 0 Å². The van der Waals surface area contributed by atoms with E-state index in [2.05, 4.69) is 24.5 Å². The van der Waals surface area contributed by atoms with Gasteiger partial charge in [0, 0.05) is 28.3 Å². The summed E-state index contributed by atoms with van der Waals surface area (Å²) in [7, 11) is 0. The van der Waals surface area contributed by atoms with Gasteiger partial charge in [-0.1, -0.05) is 80.2 Å². The summed E-state index contributed by atoms with van der Waals surface area (Å²) in [4.78, 5) is 43.5. The fourth-order valence-corrected chi connectivity index (χ4v) is 7.38. The van der Waals surface area contributed by atoms with Crippen molar-refractivity contribution in [3.63, 3.8) is 0 Å². The van der Waals surface area contributed by atoms with Gasteiger partial charge in [0.2, 0.25) is 17.7 Å². The van der Waals surface area contributed by atoms with Crippen LogP contribution in [0.4, 0.5) is 5.69 Å². The minimum Gasteiger partial charge on any atom is -0.359 e. The second-order valence-corrected chi connectivity index (χ2v) is 12.5. The quantitative estimate of drug-likeness (QED) is 0.457. The molecule has 4 aliphatic rings. The maximum atomic E-state index is 14.2. The van der Waals surface area contributed by atoms with Crippen LogP contribution in [0, 0.1) is 23.7 Å². The molecule has 2 saturated heterocycles. The largest absolute Gasteiger partial charge is 0.359 e. The summed E-state index contributed by atoms with van der Waals surface area (Å²) < 4.78 is 6.46. The normalized spacial score (nSPS) is 34.1. The zero-order valence-electron chi connectivity index (χ0n) is 22.5. The fourth-order valence-electron chi connectivity index (χ4n) is 7.05. The van der Waals surface area contributed by atoms with E-state index in [4.69, 9.17) is 27.9 Å². The Labute approximate surface area is 244 Å². The molecule has 2 aromatic carbocycles. The number of nitrogens with zero attached hydrogens (tertiary/aromatic N) is 1. The van der Waals surface area contributed by atoms with Crippen LogP contribution in [-0.4, -0.2) is 46.4 Å². The molecule has 3 fully saturated rings. The number of ether oxygens (including phenoxy) is 1. The Balaban J connectivity index is 1.33. The molecule has 2 N–H and O–H groups in total. The van der Waals surface area contributed by atoms with Crippen LogP contribution < -0.4 is 10.6 Å². The molecule has 2 bridgehead atoms. The van der Waals surface area contributed by atoms with Gasteiger partial charge in [0.25, 0.3) is 0 Å². The first-order valence-corrected chi connectivity index (χ1v) is 14.7. The van der Waals surface area contributed by atoms with Crippen LogP contribution in [0.3, 0.4) is 0 Å². The predicted molar refractivity (Wildman–Crippen MR) is 154 cm³/mol. The monoisotopic (exact) mass is 581 g/mol. The van der Waals surface area contributed by atoms with Gasteiger partial charge >= 0.3 is 0 Å². The van der Waals surface area contributed by atoms with E-state index in [-0.39, 0.29) is 30.3 Å². The summed E-state index contributed by atoms with van der Waals surface area (Å²) in [6, 6.07) is 13.2. The Bertz CT molecular complexity index is 1360. The van der Waals surface area contributed by atoms with E-state index < -0.39 is 29.6 Å². The van der Waals surface area contributed by atoms with Crippen LogP contribution >= 0.6 is 23.2 Å². The molecule has 3 aliphatic heterocycles. The zero-order valence-corrected chi connectivity index (χ0v) is 24.0. The van der Waals surface area contributed by atoms with Gasteiger partial charge in [-0.15, -0.1) is 0 Å². The molecule has 0 radical (unpaired) electrons. The van der Waals surface area contributed by atoms with Crippen molar-refractivity contribution < 1.29 is 19.1 Å². The number of carbonyl (C=O) groups excluding carboxylic acids is 3. The first kappa shape index (κ1) is 27.3. The number of rotatable bonds is 6. The standard InChI is InChI=1S/C31H33Cl2N3O4/c1-17-6-5-9-23(18(17)2)35-29(38)27-31-15-14-24(40-31)25(28(37)34-21-12-10-20(32)11-13-21)26(31)30(39)36(27)16-19-7-3-4-8-22(19)33/h3-4,7-8,10-15,17-18,23-27H,5-6,9,16H2,1-2H3,(H,34,37)(H,35,38)/t17?,18?,23?,24-,25?,26-,27?,31?/m1/s1. The van der Waals surface area contributed by atoms with Crippen molar-refractivity contribution in [2.45, 2.75) is 63.4 Å². The van der Waals surface area contributed by atoms with Gasteiger partial charge < -0.3 is 20.3 Å². The Morgan fingerprint density at radius 2 is 1.80 bits per heavy atom. The van der Waals surface area contributed by atoms with Gasteiger partial charge in [0.15, 0.2) is 0 Å². The van der Waals surface area contributed by atoms with Crippen LogP contribution in [0.15, 0.2) is 60.7 Å². The summed E-state index contributed by atoms with van der Waals surface area (Å²) in [6.07, 6.45) is 6.12. The van der Waals surface area contributed by atoms with Crippen LogP contribution in [0.1, 0.15) is 38.7 Å². The van der Waals surface area contributed by atoms with E-state index in [1.54, 1.807) is 35.2 Å². The lowest BCUT2D eigenvalue weighted by Gasteiger charge is -2.38. The van der Waals surface area contributed by atoms with Crippen LogP contribution in [0.5, 0.6) is 0 Å². The van der Waals surface area contributed by atoms with E-state index in [9.17, 15) is 14.4 Å². The lowest BCUT2D eigenvalue weighted by Crippen LogP contribution is -2.57. The Morgan fingerprint density at radius 3 is 2.55 bits per heavy atom. The minimum absolute atomic E-state index is 0.00977. The third-order valence-corrected chi connectivity index (χ3v) is 9.99. The van der Waals surface area contributed by atoms with Crippen molar-refractivity contribution in [1.29, 1.82) is 0 Å². The molecule has 9 heteroatoms. The van der Waals surface area contributed by atoms with E-state index in [0.717, 1.165) is 24.8 Å². The number of anilines is 1. The average molecular weight is 583 g/mol. The van der Waals surface area contributed by atoms with Crippen LogP contribution in [0.2, 0.25) is 10.0 Å². The number of amides is 3. The van der Waals surface area contributed by atoms with Crippen molar-refractivity contribution in [2.24, 2.45) is 23.7 Å². The summed E-state index contributed by atoms with van der Waals surface area (Å²) in [5, 5.41) is 7.26. The van der Waals surface area contributed by atoms with Gasteiger partial charge in [-0.3, -0.25) is 14.4 Å². The van der Waals surface area contributed by atoms with Crippen molar-refractivity contribution in [3.8, 4) is 0 Å². The molecule has 8 atom stereocenters. The third kappa shape index (κ3) is 4.52. The topological polar surface area (TPSA) is 87.7 Å². The predicted octanol–water partition coefficient (Wildman–Crippen LogP) is 5.22. The van der Waals surface area contributed by atoms with E-state index in [0.29, 0.717) is 27.6 Å². The molecule has 1 aliphatic carbocycles. The van der Waals surface area contributed by atoms with Gasteiger partial charge in [-0.05, 0) is 54.2 Å². The molecular formula is C31H33Cl2N3O4. The van der Waals surface area contributed by atoms with Crippen LogP contribution in [0.25, 0.3) is 0 Å². The molecule has 2 aromatic rings. The molecule has 6 unspecified atom stereocenters. The number of nitrogens with one attached hydrogen (secondary N) is 2. The van der Waals surface area contributed by atoms with E-state index in [1.165, 1.54) is 0 Å². The number of carbonyl (C=O) groups is 3. The highest BCUT2D eigenvalue weighted by Crippen LogP contribution is 2.55. The zero-order chi connectivity index (χ0) is 28.2. The average Bonchev–Trinajstić information content (AvgIpc) is 3.57. The highest BCUT2D eigenvalue weighted by molar-refractivity contribution is 6.31. The molecule has 1 saturated carbocycles. The molecule has 210 valence electrons. The maximum absolute atomic E-state index is 14.2. The Kier molecular flexibility index (Phi) is 7.18. The lowest BCUT2D eigenvalue weighted by atomic mass is 9.73. The van der Waals surface area contributed by atoms with Gasteiger partial charge in [-0.25, -0.2) is 0 Å². The Morgan fingerprint density at radius 1 is 1.05 bits per heavy atom. The first-order valence-electron chi connectivity index (χ1n) is 14.0. The molecule has 0 aromatic heterocycles. The molecule has 1 spiro atoms. The van der Waals surface area contributed by atoms with Gasteiger partial charge in [0.05, 0.1) is 17.9 Å².